The van der Waals surface area contributed by atoms with Crippen LogP contribution >= 0.6 is 23.2 Å². The Bertz CT molecular complexity index is 806. The van der Waals surface area contributed by atoms with Crippen molar-refractivity contribution >= 4 is 40.7 Å². The van der Waals surface area contributed by atoms with E-state index in [1.807, 2.05) is 45.0 Å². The van der Waals surface area contributed by atoms with Gasteiger partial charge in [0.05, 0.1) is 10.6 Å². The lowest BCUT2D eigenvalue weighted by atomic mass is 10.0. The molecule has 2 amide bonds. The van der Waals surface area contributed by atoms with Gasteiger partial charge in [-0.15, -0.1) is 0 Å². The lowest BCUT2D eigenvalue weighted by Gasteiger charge is -2.20. The first-order valence-corrected chi connectivity index (χ1v) is 9.15. The van der Waals surface area contributed by atoms with E-state index in [1.165, 1.54) is 6.07 Å². The van der Waals surface area contributed by atoms with Crippen LogP contribution in [0.15, 0.2) is 42.5 Å². The van der Waals surface area contributed by atoms with Crippen LogP contribution in [0.2, 0.25) is 10.0 Å². The summed E-state index contributed by atoms with van der Waals surface area (Å²) in [6.45, 7) is 5.94. The fourth-order valence-corrected chi connectivity index (χ4v) is 3.06. The average molecular weight is 393 g/mol. The molecule has 0 radical (unpaired) electrons. The average Bonchev–Trinajstić information content (AvgIpc) is 2.53. The van der Waals surface area contributed by atoms with Gasteiger partial charge in [0.1, 0.15) is 6.04 Å². The summed E-state index contributed by atoms with van der Waals surface area (Å²) in [4.78, 5) is 25.2. The summed E-state index contributed by atoms with van der Waals surface area (Å²) in [6.07, 6.45) is 0.509. The van der Waals surface area contributed by atoms with E-state index in [9.17, 15) is 9.59 Å². The highest BCUT2D eigenvalue weighted by atomic mass is 35.5. The van der Waals surface area contributed by atoms with Crippen LogP contribution in [0, 0.1) is 12.8 Å². The Balaban J connectivity index is 2.15. The Morgan fingerprint density at radius 2 is 1.81 bits per heavy atom. The molecule has 0 spiro atoms. The van der Waals surface area contributed by atoms with Crippen molar-refractivity contribution in [3.63, 3.8) is 0 Å². The van der Waals surface area contributed by atoms with Gasteiger partial charge in [-0.3, -0.25) is 9.59 Å². The molecule has 0 saturated heterocycles. The Labute approximate surface area is 163 Å². The number of aryl methyl sites for hydroxylation is 1. The first-order valence-electron chi connectivity index (χ1n) is 8.39. The lowest BCUT2D eigenvalue weighted by Crippen LogP contribution is -2.44. The molecule has 0 heterocycles. The first kappa shape index (κ1) is 20.3. The molecule has 0 bridgehead atoms. The smallest absolute Gasteiger partial charge is 0.253 e. The van der Waals surface area contributed by atoms with E-state index < -0.39 is 11.9 Å². The summed E-state index contributed by atoms with van der Waals surface area (Å²) >= 11 is 12.0. The lowest BCUT2D eigenvalue weighted by molar-refractivity contribution is -0.118. The van der Waals surface area contributed by atoms with Gasteiger partial charge in [0.2, 0.25) is 5.91 Å². The molecule has 1 atom stereocenters. The van der Waals surface area contributed by atoms with Crippen LogP contribution < -0.4 is 10.6 Å². The highest BCUT2D eigenvalue weighted by Crippen LogP contribution is 2.21. The molecule has 2 N–H and O–H groups in total. The Morgan fingerprint density at radius 3 is 2.42 bits per heavy atom. The number of benzene rings is 2. The number of halogens is 2. The molecule has 138 valence electrons. The SMILES string of the molecule is Cc1cccc(NC(=O)C(CC(C)C)NC(=O)c2ccc(Cl)cc2Cl)c1. The van der Waals surface area contributed by atoms with E-state index in [-0.39, 0.29) is 22.4 Å². The number of amides is 2. The third-order valence-corrected chi connectivity index (χ3v) is 4.34. The largest absolute Gasteiger partial charge is 0.340 e. The van der Waals surface area contributed by atoms with Crippen molar-refractivity contribution in [2.24, 2.45) is 5.92 Å². The zero-order valence-electron chi connectivity index (χ0n) is 15.0. The summed E-state index contributed by atoms with van der Waals surface area (Å²) in [5.41, 5.74) is 2.02. The Morgan fingerprint density at radius 1 is 1.08 bits per heavy atom. The predicted octanol–water partition coefficient (Wildman–Crippen LogP) is 5.09. The molecule has 0 aliphatic rings. The van der Waals surface area contributed by atoms with Crippen molar-refractivity contribution in [3.8, 4) is 0 Å². The minimum Gasteiger partial charge on any atom is -0.340 e. The van der Waals surface area contributed by atoms with Gasteiger partial charge in [-0.05, 0) is 55.2 Å². The maximum absolute atomic E-state index is 12.7. The second-order valence-corrected chi connectivity index (χ2v) is 7.48. The second-order valence-electron chi connectivity index (χ2n) is 6.64. The molecule has 0 fully saturated rings. The molecule has 0 aliphatic carbocycles. The molecular formula is C20H22Cl2N2O2. The first-order chi connectivity index (χ1) is 12.3. The third-order valence-electron chi connectivity index (χ3n) is 3.79. The van der Waals surface area contributed by atoms with E-state index in [0.29, 0.717) is 17.1 Å². The fourth-order valence-electron chi connectivity index (χ4n) is 2.56. The molecule has 2 rings (SSSR count). The van der Waals surface area contributed by atoms with E-state index in [0.717, 1.165) is 5.56 Å². The highest BCUT2D eigenvalue weighted by Gasteiger charge is 2.23. The number of anilines is 1. The van der Waals surface area contributed by atoms with E-state index in [4.69, 9.17) is 23.2 Å². The maximum Gasteiger partial charge on any atom is 0.253 e. The van der Waals surface area contributed by atoms with Crippen LogP contribution in [0.1, 0.15) is 36.2 Å². The molecule has 0 aliphatic heterocycles. The molecule has 0 saturated carbocycles. The van der Waals surface area contributed by atoms with Crippen LogP contribution in [0.4, 0.5) is 5.69 Å². The van der Waals surface area contributed by atoms with Crippen LogP contribution in [0.25, 0.3) is 0 Å². The van der Waals surface area contributed by atoms with Crippen LogP contribution in [0.5, 0.6) is 0 Å². The van der Waals surface area contributed by atoms with E-state index in [2.05, 4.69) is 10.6 Å². The molecule has 4 nitrogen and oxygen atoms in total. The van der Waals surface area contributed by atoms with Gasteiger partial charge in [-0.2, -0.15) is 0 Å². The van der Waals surface area contributed by atoms with Crippen molar-refractivity contribution in [3.05, 3.63) is 63.6 Å². The quantitative estimate of drug-likeness (QED) is 0.719. The van der Waals surface area contributed by atoms with Gasteiger partial charge in [0, 0.05) is 10.7 Å². The van der Waals surface area contributed by atoms with Crippen molar-refractivity contribution in [1.82, 2.24) is 5.32 Å². The van der Waals surface area contributed by atoms with Gasteiger partial charge >= 0.3 is 0 Å². The van der Waals surface area contributed by atoms with Crippen molar-refractivity contribution in [2.45, 2.75) is 33.2 Å². The maximum atomic E-state index is 12.7. The second kappa shape index (κ2) is 9.06. The van der Waals surface area contributed by atoms with Crippen molar-refractivity contribution < 1.29 is 9.59 Å². The Hall–Kier alpha value is -2.04. The van der Waals surface area contributed by atoms with Crippen LogP contribution in [0.3, 0.4) is 0 Å². The number of carbonyl (C=O) groups excluding carboxylic acids is 2. The number of nitrogens with one attached hydrogen (secondary N) is 2. The van der Waals surface area contributed by atoms with Crippen molar-refractivity contribution in [2.75, 3.05) is 5.32 Å². The Kier molecular flexibility index (Phi) is 7.06. The number of carbonyl (C=O) groups is 2. The fraction of sp³-hybridized carbons (Fsp3) is 0.300. The van der Waals surface area contributed by atoms with E-state index in [1.54, 1.807) is 12.1 Å². The molecule has 1 unspecified atom stereocenters. The number of hydrogen-bond donors (Lipinski definition) is 2. The van der Waals surface area contributed by atoms with E-state index >= 15 is 0 Å². The predicted molar refractivity (Wildman–Crippen MR) is 107 cm³/mol. The zero-order chi connectivity index (χ0) is 19.3. The van der Waals surface area contributed by atoms with Crippen LogP contribution in [-0.2, 0) is 4.79 Å². The molecule has 6 heteroatoms. The minimum atomic E-state index is -0.672. The molecule has 26 heavy (non-hydrogen) atoms. The molecule has 2 aromatic rings. The minimum absolute atomic E-state index is 0.226. The van der Waals surface area contributed by atoms with Gasteiger partial charge in [-0.25, -0.2) is 0 Å². The van der Waals surface area contributed by atoms with Crippen molar-refractivity contribution in [1.29, 1.82) is 0 Å². The van der Waals surface area contributed by atoms with Crippen LogP contribution in [-0.4, -0.2) is 17.9 Å². The topological polar surface area (TPSA) is 58.2 Å². The summed E-state index contributed by atoms with van der Waals surface area (Å²) in [7, 11) is 0. The standard InChI is InChI=1S/C20H22Cl2N2O2/c1-12(2)9-18(20(26)23-15-6-4-5-13(3)10-15)24-19(25)16-8-7-14(21)11-17(16)22/h4-8,10-12,18H,9H2,1-3H3,(H,23,26)(H,24,25). The summed E-state index contributed by atoms with van der Waals surface area (Å²) in [5.74, 6) is -0.441. The third kappa shape index (κ3) is 5.75. The molecule has 0 aromatic heterocycles. The molecule has 2 aromatic carbocycles. The summed E-state index contributed by atoms with van der Waals surface area (Å²) < 4.78 is 0. The highest BCUT2D eigenvalue weighted by molar-refractivity contribution is 6.36. The summed E-state index contributed by atoms with van der Waals surface area (Å²) in [5, 5.41) is 6.34. The zero-order valence-corrected chi connectivity index (χ0v) is 16.5. The molecular weight excluding hydrogens is 371 g/mol. The number of rotatable bonds is 6. The normalized spacial score (nSPS) is 11.9. The van der Waals surface area contributed by atoms with Gasteiger partial charge in [-0.1, -0.05) is 49.2 Å². The summed E-state index contributed by atoms with van der Waals surface area (Å²) in [6, 6.07) is 11.5. The van der Waals surface area contributed by atoms with Gasteiger partial charge in [0.15, 0.2) is 0 Å². The monoisotopic (exact) mass is 392 g/mol. The van der Waals surface area contributed by atoms with Gasteiger partial charge < -0.3 is 10.6 Å². The number of hydrogen-bond acceptors (Lipinski definition) is 2. The van der Waals surface area contributed by atoms with Gasteiger partial charge in [0.25, 0.3) is 5.91 Å².